The van der Waals surface area contributed by atoms with Gasteiger partial charge in [0.15, 0.2) is 11.5 Å². The van der Waals surface area contributed by atoms with Gasteiger partial charge in [0.25, 0.3) is 10.0 Å². The largest absolute Gasteiger partial charge is 0.490 e. The summed E-state index contributed by atoms with van der Waals surface area (Å²) in [5.74, 6) is 0.372. The van der Waals surface area contributed by atoms with E-state index in [0.717, 1.165) is 12.1 Å². The number of sulfonamides is 1. The quantitative estimate of drug-likeness (QED) is 0.751. The number of nitrogens with zero attached hydrogens (tertiary/aromatic N) is 1. The van der Waals surface area contributed by atoms with Crippen molar-refractivity contribution in [1.82, 2.24) is 15.2 Å². The zero-order valence-corrected chi connectivity index (χ0v) is 15.1. The number of hydrogen-bond donors (Lipinski definition) is 2. The number of carbonyl (C=O) groups excluding carboxylic acids is 1. The van der Waals surface area contributed by atoms with Gasteiger partial charge in [0, 0.05) is 23.6 Å². The van der Waals surface area contributed by atoms with Crippen molar-refractivity contribution in [2.75, 3.05) is 13.2 Å². The maximum absolute atomic E-state index is 12.3. The molecule has 134 valence electrons. The van der Waals surface area contributed by atoms with Gasteiger partial charge >= 0.3 is 0 Å². The number of hydrazine groups is 1. The van der Waals surface area contributed by atoms with Crippen LogP contribution in [-0.4, -0.2) is 32.5 Å². The van der Waals surface area contributed by atoms with Gasteiger partial charge in [-0.2, -0.15) is 0 Å². The molecular weight excluding hydrogens is 366 g/mol. The Morgan fingerprint density at radius 2 is 2.04 bits per heavy atom. The van der Waals surface area contributed by atoms with Crippen LogP contribution in [0.3, 0.4) is 0 Å². The first-order valence-electron chi connectivity index (χ1n) is 7.55. The van der Waals surface area contributed by atoms with Crippen molar-refractivity contribution in [2.24, 2.45) is 0 Å². The van der Waals surface area contributed by atoms with Gasteiger partial charge in [0.2, 0.25) is 5.91 Å². The number of aryl methyl sites for hydroxylation is 1. The number of rotatable bonds is 5. The van der Waals surface area contributed by atoms with Gasteiger partial charge in [-0.15, -0.1) is 16.2 Å². The summed E-state index contributed by atoms with van der Waals surface area (Å²) in [5.41, 5.74) is 3.01. The van der Waals surface area contributed by atoms with Crippen LogP contribution in [0.25, 0.3) is 0 Å². The lowest BCUT2D eigenvalue weighted by molar-refractivity contribution is -0.120. The molecule has 0 bridgehead atoms. The maximum atomic E-state index is 12.3. The second-order valence-electron chi connectivity index (χ2n) is 5.37. The van der Waals surface area contributed by atoms with Gasteiger partial charge in [-0.1, -0.05) is 0 Å². The summed E-state index contributed by atoms with van der Waals surface area (Å²) in [6.45, 7) is 2.79. The highest BCUT2D eigenvalue weighted by Crippen LogP contribution is 2.31. The van der Waals surface area contributed by atoms with Crippen LogP contribution in [0.4, 0.5) is 0 Å². The van der Waals surface area contributed by atoms with E-state index in [1.54, 1.807) is 0 Å². The van der Waals surface area contributed by atoms with E-state index < -0.39 is 15.9 Å². The smallest absolute Gasteiger partial charge is 0.257 e. The van der Waals surface area contributed by atoms with Crippen molar-refractivity contribution in [3.05, 3.63) is 34.3 Å². The number of nitrogens with one attached hydrogen (secondary N) is 2. The van der Waals surface area contributed by atoms with E-state index in [4.69, 9.17) is 9.47 Å². The Bertz CT molecular complexity index is 879. The molecule has 0 spiro atoms. The number of fused-ring (bicyclic) bond motifs is 1. The van der Waals surface area contributed by atoms with E-state index in [0.29, 0.717) is 29.7 Å². The van der Waals surface area contributed by atoms with Crippen molar-refractivity contribution in [3.8, 4) is 11.5 Å². The molecule has 0 fully saturated rings. The summed E-state index contributed by atoms with van der Waals surface area (Å²) in [6.07, 6.45) is 0.726. The SMILES string of the molecule is Cc1csc(CC(=O)NNS(=O)(=O)c2ccc3c(c2)OCCCO3)n1. The number of aromatic nitrogens is 1. The zero-order valence-electron chi connectivity index (χ0n) is 13.4. The van der Waals surface area contributed by atoms with Crippen LogP contribution < -0.4 is 19.7 Å². The second kappa shape index (κ2) is 7.38. The Kier molecular flexibility index (Phi) is 5.21. The van der Waals surface area contributed by atoms with E-state index >= 15 is 0 Å². The second-order valence-corrected chi connectivity index (χ2v) is 8.00. The summed E-state index contributed by atoms with van der Waals surface area (Å²) >= 11 is 1.35. The molecule has 10 heteroatoms. The van der Waals surface area contributed by atoms with Gasteiger partial charge in [0.1, 0.15) is 5.01 Å². The van der Waals surface area contributed by atoms with Crippen LogP contribution in [0.15, 0.2) is 28.5 Å². The number of benzene rings is 1. The first-order valence-corrected chi connectivity index (χ1v) is 9.91. The third-order valence-electron chi connectivity index (χ3n) is 3.33. The minimum Gasteiger partial charge on any atom is -0.490 e. The molecule has 1 aromatic heterocycles. The Labute approximate surface area is 149 Å². The highest BCUT2D eigenvalue weighted by molar-refractivity contribution is 7.89. The van der Waals surface area contributed by atoms with Crippen molar-refractivity contribution >= 4 is 27.3 Å². The molecule has 1 amide bonds. The van der Waals surface area contributed by atoms with Gasteiger partial charge < -0.3 is 9.47 Å². The van der Waals surface area contributed by atoms with Crippen LogP contribution in [-0.2, 0) is 21.2 Å². The summed E-state index contributed by atoms with van der Waals surface area (Å²) in [4.78, 5) is 18.1. The van der Waals surface area contributed by atoms with Crippen LogP contribution in [0.1, 0.15) is 17.1 Å². The van der Waals surface area contributed by atoms with Crippen molar-refractivity contribution in [3.63, 3.8) is 0 Å². The molecular formula is C15H17N3O5S2. The van der Waals surface area contributed by atoms with Crippen LogP contribution in [0.5, 0.6) is 11.5 Å². The predicted molar refractivity (Wildman–Crippen MR) is 91.1 cm³/mol. The molecule has 25 heavy (non-hydrogen) atoms. The monoisotopic (exact) mass is 383 g/mol. The van der Waals surface area contributed by atoms with Gasteiger partial charge in [-0.3, -0.25) is 10.2 Å². The van der Waals surface area contributed by atoms with Crippen LogP contribution >= 0.6 is 11.3 Å². The van der Waals surface area contributed by atoms with Crippen LogP contribution in [0.2, 0.25) is 0 Å². The predicted octanol–water partition coefficient (Wildman–Crippen LogP) is 1.17. The summed E-state index contributed by atoms with van der Waals surface area (Å²) in [5, 5.41) is 2.44. The molecule has 0 unspecified atom stereocenters. The Morgan fingerprint density at radius 1 is 1.28 bits per heavy atom. The van der Waals surface area contributed by atoms with E-state index in [1.165, 1.54) is 29.5 Å². The van der Waals surface area contributed by atoms with Gasteiger partial charge in [0.05, 0.1) is 24.5 Å². The number of hydrogen-bond acceptors (Lipinski definition) is 7. The standard InChI is InChI=1S/C15H17N3O5S2/c1-10-9-24-15(16-10)8-14(19)17-18-25(20,21)11-3-4-12-13(7-11)23-6-2-5-22-12/h3-4,7,9,18H,2,5-6,8H2,1H3,(H,17,19). The molecule has 0 radical (unpaired) electrons. The maximum Gasteiger partial charge on any atom is 0.257 e. The molecule has 0 saturated carbocycles. The third kappa shape index (κ3) is 4.47. The molecule has 0 atom stereocenters. The zero-order chi connectivity index (χ0) is 17.9. The van der Waals surface area contributed by atoms with Gasteiger partial charge in [-0.25, -0.2) is 13.4 Å². The fourth-order valence-corrected chi connectivity index (χ4v) is 3.81. The molecule has 0 aliphatic carbocycles. The molecule has 1 aliphatic heterocycles. The number of carbonyl (C=O) groups is 1. The minimum atomic E-state index is -3.92. The first-order chi connectivity index (χ1) is 11.9. The number of ether oxygens (including phenoxy) is 2. The fraction of sp³-hybridized carbons (Fsp3) is 0.333. The van der Waals surface area contributed by atoms with Crippen molar-refractivity contribution < 1.29 is 22.7 Å². The molecule has 1 aliphatic rings. The van der Waals surface area contributed by atoms with E-state index in [-0.39, 0.29) is 11.3 Å². The average molecular weight is 383 g/mol. The lowest BCUT2D eigenvalue weighted by atomic mass is 10.3. The lowest BCUT2D eigenvalue weighted by Crippen LogP contribution is -2.42. The Balaban J connectivity index is 1.65. The molecule has 0 saturated heterocycles. The fourth-order valence-electron chi connectivity index (χ4n) is 2.16. The average Bonchev–Trinajstić information content (AvgIpc) is 2.84. The lowest BCUT2D eigenvalue weighted by Gasteiger charge is -2.11. The topological polar surface area (TPSA) is 107 Å². The van der Waals surface area contributed by atoms with Crippen LogP contribution in [0, 0.1) is 6.92 Å². The summed E-state index contributed by atoms with van der Waals surface area (Å²) in [7, 11) is -3.92. The molecule has 1 aromatic carbocycles. The third-order valence-corrected chi connectivity index (χ3v) is 5.54. The number of thiazole rings is 1. The van der Waals surface area contributed by atoms with Crippen molar-refractivity contribution in [2.45, 2.75) is 24.7 Å². The van der Waals surface area contributed by atoms with E-state index in [1.807, 2.05) is 12.3 Å². The summed E-state index contributed by atoms with van der Waals surface area (Å²) < 4.78 is 35.6. The van der Waals surface area contributed by atoms with Crippen molar-refractivity contribution in [1.29, 1.82) is 0 Å². The summed E-state index contributed by atoms with van der Waals surface area (Å²) in [6, 6.07) is 4.31. The highest BCUT2D eigenvalue weighted by Gasteiger charge is 2.19. The molecule has 2 N–H and O–H groups in total. The Morgan fingerprint density at radius 3 is 2.76 bits per heavy atom. The molecule has 8 nitrogen and oxygen atoms in total. The van der Waals surface area contributed by atoms with E-state index in [9.17, 15) is 13.2 Å². The first kappa shape index (κ1) is 17.6. The highest BCUT2D eigenvalue weighted by atomic mass is 32.2. The van der Waals surface area contributed by atoms with Gasteiger partial charge in [-0.05, 0) is 19.1 Å². The normalized spacial score (nSPS) is 14.0. The van der Waals surface area contributed by atoms with E-state index in [2.05, 4.69) is 15.2 Å². The minimum absolute atomic E-state index is 0.00215. The number of amides is 1. The molecule has 2 aromatic rings. The molecule has 3 rings (SSSR count). The molecule has 2 heterocycles. The Hall–Kier alpha value is -2.17.